The summed E-state index contributed by atoms with van der Waals surface area (Å²) >= 11 is 11.8. The van der Waals surface area contributed by atoms with Crippen molar-refractivity contribution in [3.05, 3.63) is 68.2 Å². The van der Waals surface area contributed by atoms with Crippen molar-refractivity contribution < 1.29 is 24.0 Å². The zero-order valence-corrected chi connectivity index (χ0v) is 16.8. The molecular weight excluding hydrogens is 439 g/mol. The third-order valence-corrected chi connectivity index (χ3v) is 4.42. The maximum absolute atomic E-state index is 12.1. The van der Waals surface area contributed by atoms with E-state index < -0.39 is 35.5 Å². The molecule has 2 aromatic carbocycles. The summed E-state index contributed by atoms with van der Waals surface area (Å²) in [6, 6.07) is 8.50. The van der Waals surface area contributed by atoms with E-state index in [1.165, 1.54) is 12.1 Å². The van der Waals surface area contributed by atoms with Crippen LogP contribution in [0.25, 0.3) is 0 Å². The van der Waals surface area contributed by atoms with Gasteiger partial charge < -0.3 is 21.1 Å². The topological polar surface area (TPSA) is 154 Å². The molecule has 158 valence electrons. The lowest BCUT2D eigenvalue weighted by atomic mass is 10.0. The molecule has 1 unspecified atom stereocenters. The largest absolute Gasteiger partial charge is 0.455 e. The zero-order chi connectivity index (χ0) is 22.3. The van der Waals surface area contributed by atoms with Gasteiger partial charge in [-0.05, 0) is 23.8 Å². The van der Waals surface area contributed by atoms with Gasteiger partial charge in [0.15, 0.2) is 6.61 Å². The summed E-state index contributed by atoms with van der Waals surface area (Å²) < 4.78 is 4.90. The van der Waals surface area contributed by atoms with Crippen LogP contribution in [0.5, 0.6) is 0 Å². The maximum Gasteiger partial charge on any atom is 0.312 e. The number of carbonyl (C=O) groups excluding carboxylic acids is 3. The van der Waals surface area contributed by atoms with E-state index in [1.54, 1.807) is 24.3 Å². The standard InChI is InChI=1S/C18H16Cl2N4O6/c19-12-4-2-1-3-11(12)14(23-18(21)27)8-17(26)30-9-16(25)22-10-5-6-13(20)15(7-10)24(28)29/h1-7,14H,8-9H2,(H,22,25)(H3,21,23,27). The first-order valence-corrected chi connectivity index (χ1v) is 9.12. The number of rotatable bonds is 8. The highest BCUT2D eigenvalue weighted by atomic mass is 35.5. The molecule has 0 aliphatic rings. The highest BCUT2D eigenvalue weighted by Crippen LogP contribution is 2.27. The summed E-state index contributed by atoms with van der Waals surface area (Å²) in [6.45, 7) is -0.652. The number of nitro benzene ring substituents is 1. The Morgan fingerprint density at radius 3 is 2.47 bits per heavy atom. The molecule has 0 saturated heterocycles. The lowest BCUT2D eigenvalue weighted by Crippen LogP contribution is -2.35. The third kappa shape index (κ3) is 6.61. The summed E-state index contributed by atoms with van der Waals surface area (Å²) in [4.78, 5) is 45.5. The highest BCUT2D eigenvalue weighted by molar-refractivity contribution is 6.32. The van der Waals surface area contributed by atoms with Crippen molar-refractivity contribution in [2.75, 3.05) is 11.9 Å². The fourth-order valence-corrected chi connectivity index (χ4v) is 2.92. The van der Waals surface area contributed by atoms with Gasteiger partial charge in [-0.3, -0.25) is 19.7 Å². The lowest BCUT2D eigenvalue weighted by Gasteiger charge is -2.18. The maximum atomic E-state index is 12.1. The first-order valence-electron chi connectivity index (χ1n) is 8.37. The Morgan fingerprint density at radius 2 is 1.83 bits per heavy atom. The Kier molecular flexibility index (Phi) is 7.96. The predicted octanol–water partition coefficient (Wildman–Crippen LogP) is 3.18. The van der Waals surface area contributed by atoms with Crippen molar-refractivity contribution in [2.24, 2.45) is 5.73 Å². The van der Waals surface area contributed by atoms with E-state index in [-0.39, 0.29) is 22.8 Å². The van der Waals surface area contributed by atoms with E-state index >= 15 is 0 Å². The molecule has 0 heterocycles. The van der Waals surface area contributed by atoms with Gasteiger partial charge in [0.25, 0.3) is 11.6 Å². The van der Waals surface area contributed by atoms with E-state index in [1.807, 2.05) is 0 Å². The fraction of sp³-hybridized carbons (Fsp3) is 0.167. The number of amides is 3. The van der Waals surface area contributed by atoms with Crippen LogP contribution in [0.2, 0.25) is 10.0 Å². The van der Waals surface area contributed by atoms with Gasteiger partial charge in [0, 0.05) is 16.8 Å². The van der Waals surface area contributed by atoms with Crippen molar-refractivity contribution in [2.45, 2.75) is 12.5 Å². The second-order valence-electron chi connectivity index (χ2n) is 5.92. The molecule has 0 fully saturated rings. The van der Waals surface area contributed by atoms with Gasteiger partial charge in [0.2, 0.25) is 0 Å². The van der Waals surface area contributed by atoms with Gasteiger partial charge in [0.05, 0.1) is 17.4 Å². The summed E-state index contributed by atoms with van der Waals surface area (Å²) in [5.74, 6) is -1.52. The molecule has 0 aliphatic heterocycles. The molecule has 1 atom stereocenters. The van der Waals surface area contributed by atoms with E-state index in [0.717, 1.165) is 6.07 Å². The predicted molar refractivity (Wildman–Crippen MR) is 109 cm³/mol. The molecule has 4 N–H and O–H groups in total. The number of esters is 1. The molecule has 10 nitrogen and oxygen atoms in total. The molecule has 0 spiro atoms. The number of benzene rings is 2. The second-order valence-corrected chi connectivity index (χ2v) is 6.73. The number of carbonyl (C=O) groups is 3. The minimum atomic E-state index is -0.866. The quantitative estimate of drug-likeness (QED) is 0.316. The number of hydrogen-bond acceptors (Lipinski definition) is 6. The molecule has 0 saturated carbocycles. The molecule has 0 radical (unpaired) electrons. The number of halogens is 2. The summed E-state index contributed by atoms with van der Waals surface area (Å²) in [5, 5.41) is 15.9. The van der Waals surface area contributed by atoms with Crippen LogP contribution >= 0.6 is 23.2 Å². The summed E-state index contributed by atoms with van der Waals surface area (Å²) in [7, 11) is 0. The van der Waals surface area contributed by atoms with Crippen LogP contribution in [0.15, 0.2) is 42.5 Å². The number of anilines is 1. The summed E-state index contributed by atoms with van der Waals surface area (Å²) in [6.07, 6.45) is -0.327. The molecule has 30 heavy (non-hydrogen) atoms. The Labute approximate surface area is 180 Å². The van der Waals surface area contributed by atoms with Gasteiger partial charge in [-0.2, -0.15) is 0 Å². The smallest absolute Gasteiger partial charge is 0.312 e. The third-order valence-electron chi connectivity index (χ3n) is 3.76. The summed E-state index contributed by atoms with van der Waals surface area (Å²) in [5.41, 5.74) is 5.32. The van der Waals surface area contributed by atoms with Crippen molar-refractivity contribution in [1.29, 1.82) is 0 Å². The SMILES string of the molecule is NC(=O)NC(CC(=O)OCC(=O)Nc1ccc(Cl)c([N+](=O)[O-])c1)c1ccccc1Cl. The Hall–Kier alpha value is -3.37. The Balaban J connectivity index is 1.96. The van der Waals surface area contributed by atoms with Crippen LogP contribution in [0.1, 0.15) is 18.0 Å². The first kappa shape index (κ1) is 22.9. The van der Waals surface area contributed by atoms with Crippen LogP contribution in [0.4, 0.5) is 16.2 Å². The first-order chi connectivity index (χ1) is 14.2. The fourth-order valence-electron chi connectivity index (χ4n) is 2.47. The molecule has 0 aromatic heterocycles. The number of urea groups is 1. The number of ether oxygens (including phenoxy) is 1. The van der Waals surface area contributed by atoms with Gasteiger partial charge in [-0.1, -0.05) is 41.4 Å². The zero-order valence-electron chi connectivity index (χ0n) is 15.3. The molecule has 0 bridgehead atoms. The van der Waals surface area contributed by atoms with E-state index in [0.29, 0.717) is 10.6 Å². The molecule has 12 heteroatoms. The Bertz CT molecular complexity index is 985. The van der Waals surface area contributed by atoms with Gasteiger partial charge >= 0.3 is 12.0 Å². The number of nitrogens with one attached hydrogen (secondary N) is 2. The average Bonchev–Trinajstić information content (AvgIpc) is 2.67. The number of hydrogen-bond donors (Lipinski definition) is 3. The average molecular weight is 455 g/mol. The van der Waals surface area contributed by atoms with Crippen molar-refractivity contribution in [1.82, 2.24) is 5.32 Å². The minimum Gasteiger partial charge on any atom is -0.455 e. The van der Waals surface area contributed by atoms with Gasteiger partial charge in [0.1, 0.15) is 5.02 Å². The number of nitro groups is 1. The molecule has 2 rings (SSSR count). The highest BCUT2D eigenvalue weighted by Gasteiger charge is 2.21. The number of primary amides is 1. The normalized spacial score (nSPS) is 11.3. The van der Waals surface area contributed by atoms with Crippen LogP contribution in [0.3, 0.4) is 0 Å². The van der Waals surface area contributed by atoms with Crippen molar-refractivity contribution >= 4 is 52.5 Å². The van der Waals surface area contributed by atoms with E-state index in [2.05, 4.69) is 10.6 Å². The number of nitrogens with zero attached hydrogens (tertiary/aromatic N) is 1. The van der Waals surface area contributed by atoms with E-state index in [9.17, 15) is 24.5 Å². The minimum absolute atomic E-state index is 0.0861. The molecule has 2 aromatic rings. The number of nitrogens with two attached hydrogens (primary N) is 1. The van der Waals surface area contributed by atoms with Crippen LogP contribution in [-0.2, 0) is 14.3 Å². The van der Waals surface area contributed by atoms with Crippen LogP contribution in [0, 0.1) is 10.1 Å². The Morgan fingerprint density at radius 1 is 1.13 bits per heavy atom. The van der Waals surface area contributed by atoms with Crippen molar-refractivity contribution in [3.8, 4) is 0 Å². The van der Waals surface area contributed by atoms with E-state index in [4.69, 9.17) is 33.7 Å². The molecular formula is C18H16Cl2N4O6. The molecule has 3 amide bonds. The van der Waals surface area contributed by atoms with Crippen molar-refractivity contribution in [3.63, 3.8) is 0 Å². The van der Waals surface area contributed by atoms with Crippen LogP contribution < -0.4 is 16.4 Å². The second kappa shape index (κ2) is 10.4. The lowest BCUT2D eigenvalue weighted by molar-refractivity contribution is -0.384. The van der Waals surface area contributed by atoms with Gasteiger partial charge in [-0.25, -0.2) is 4.79 Å². The molecule has 0 aliphatic carbocycles. The van der Waals surface area contributed by atoms with Gasteiger partial charge in [-0.15, -0.1) is 0 Å². The monoisotopic (exact) mass is 454 g/mol. The van der Waals surface area contributed by atoms with Crippen LogP contribution in [-0.4, -0.2) is 29.4 Å².